The number of hydrogen-bond acceptors (Lipinski definition) is 2. The lowest BCUT2D eigenvalue weighted by Gasteiger charge is -2.13. The standard InChI is InChI=1S/C16H22N2O/c1-10(17)11-6-4-5-9-14(11)18-16(19)15-12-7-2-3-8-13(12)15/h4-6,9-10,12-13,15H,2-3,7-8,17H2,1H3,(H,18,19). The van der Waals surface area contributed by atoms with Crippen LogP contribution in [-0.4, -0.2) is 5.91 Å². The molecule has 19 heavy (non-hydrogen) atoms. The molecule has 3 unspecified atom stereocenters. The molecule has 0 spiro atoms. The second-order valence-electron chi connectivity index (χ2n) is 6.00. The van der Waals surface area contributed by atoms with E-state index in [9.17, 15) is 4.79 Å². The minimum Gasteiger partial charge on any atom is -0.326 e. The van der Waals surface area contributed by atoms with Crippen molar-refractivity contribution in [1.29, 1.82) is 0 Å². The molecule has 1 aromatic carbocycles. The Labute approximate surface area is 114 Å². The maximum Gasteiger partial charge on any atom is 0.228 e. The predicted molar refractivity (Wildman–Crippen MR) is 76.6 cm³/mol. The molecule has 3 rings (SSSR count). The normalized spacial score (nSPS) is 30.3. The van der Waals surface area contributed by atoms with Gasteiger partial charge in [-0.2, -0.15) is 0 Å². The van der Waals surface area contributed by atoms with Gasteiger partial charge in [-0.1, -0.05) is 31.0 Å². The lowest BCUT2D eigenvalue weighted by Crippen LogP contribution is -2.18. The molecule has 2 aliphatic rings. The van der Waals surface area contributed by atoms with Gasteiger partial charge in [0.15, 0.2) is 0 Å². The lowest BCUT2D eigenvalue weighted by molar-refractivity contribution is -0.117. The molecule has 3 nitrogen and oxygen atoms in total. The van der Waals surface area contributed by atoms with Crippen molar-refractivity contribution in [3.05, 3.63) is 29.8 Å². The number of rotatable bonds is 3. The number of anilines is 1. The fourth-order valence-electron chi connectivity index (χ4n) is 3.61. The van der Waals surface area contributed by atoms with E-state index in [1.165, 1.54) is 25.7 Å². The van der Waals surface area contributed by atoms with Crippen LogP contribution in [0.3, 0.4) is 0 Å². The molecule has 102 valence electrons. The van der Waals surface area contributed by atoms with Crippen LogP contribution < -0.4 is 11.1 Å². The average Bonchev–Trinajstić information content (AvgIpc) is 3.13. The van der Waals surface area contributed by atoms with Crippen LogP contribution in [0.5, 0.6) is 0 Å². The van der Waals surface area contributed by atoms with Gasteiger partial charge < -0.3 is 11.1 Å². The van der Waals surface area contributed by atoms with Crippen LogP contribution in [0.15, 0.2) is 24.3 Å². The summed E-state index contributed by atoms with van der Waals surface area (Å²) in [6.45, 7) is 1.95. The van der Waals surface area contributed by atoms with Crippen molar-refractivity contribution in [2.24, 2.45) is 23.5 Å². The van der Waals surface area contributed by atoms with Crippen molar-refractivity contribution in [2.75, 3.05) is 5.32 Å². The molecule has 3 N–H and O–H groups in total. The number of nitrogens with two attached hydrogens (primary N) is 1. The first kappa shape index (κ1) is 12.7. The third-order valence-corrected chi connectivity index (χ3v) is 4.67. The largest absolute Gasteiger partial charge is 0.326 e. The van der Waals surface area contributed by atoms with E-state index >= 15 is 0 Å². The van der Waals surface area contributed by atoms with Gasteiger partial charge in [0.05, 0.1) is 0 Å². The van der Waals surface area contributed by atoms with Crippen molar-refractivity contribution in [3.8, 4) is 0 Å². The Morgan fingerprint density at radius 2 is 1.89 bits per heavy atom. The van der Waals surface area contributed by atoms with E-state index in [2.05, 4.69) is 5.32 Å². The molecule has 2 saturated carbocycles. The number of amides is 1. The molecule has 2 aliphatic carbocycles. The van der Waals surface area contributed by atoms with Crippen molar-refractivity contribution in [1.82, 2.24) is 0 Å². The fraction of sp³-hybridized carbons (Fsp3) is 0.562. The number of carbonyl (C=O) groups is 1. The summed E-state index contributed by atoms with van der Waals surface area (Å²) < 4.78 is 0. The van der Waals surface area contributed by atoms with Gasteiger partial charge in [-0.3, -0.25) is 4.79 Å². The fourth-order valence-corrected chi connectivity index (χ4v) is 3.61. The highest BCUT2D eigenvalue weighted by atomic mass is 16.2. The molecule has 0 saturated heterocycles. The monoisotopic (exact) mass is 258 g/mol. The molecular weight excluding hydrogens is 236 g/mol. The number of hydrogen-bond donors (Lipinski definition) is 2. The zero-order chi connectivity index (χ0) is 13.4. The number of para-hydroxylation sites is 1. The SMILES string of the molecule is CC(N)c1ccccc1NC(=O)C1C2CCCCC21. The maximum atomic E-state index is 12.4. The highest BCUT2D eigenvalue weighted by molar-refractivity contribution is 5.95. The summed E-state index contributed by atoms with van der Waals surface area (Å²) in [6.07, 6.45) is 5.05. The summed E-state index contributed by atoms with van der Waals surface area (Å²) in [6, 6.07) is 7.79. The molecule has 2 fully saturated rings. The second kappa shape index (κ2) is 4.97. The minimum atomic E-state index is -0.0574. The molecular formula is C16H22N2O. The van der Waals surface area contributed by atoms with Crippen LogP contribution in [0.2, 0.25) is 0 Å². The smallest absolute Gasteiger partial charge is 0.228 e. The van der Waals surface area contributed by atoms with Gasteiger partial charge in [-0.05, 0) is 43.2 Å². The summed E-state index contributed by atoms with van der Waals surface area (Å²) >= 11 is 0. The highest BCUT2D eigenvalue weighted by Gasteiger charge is 2.54. The van der Waals surface area contributed by atoms with Gasteiger partial charge >= 0.3 is 0 Å². The Hall–Kier alpha value is -1.35. The van der Waals surface area contributed by atoms with Crippen molar-refractivity contribution >= 4 is 11.6 Å². The van der Waals surface area contributed by atoms with Crippen LogP contribution in [0, 0.1) is 17.8 Å². The Kier molecular flexibility index (Phi) is 3.31. The van der Waals surface area contributed by atoms with E-state index in [-0.39, 0.29) is 17.9 Å². The molecule has 0 heterocycles. The van der Waals surface area contributed by atoms with Gasteiger partial charge in [0.2, 0.25) is 5.91 Å². The molecule has 0 radical (unpaired) electrons. The highest BCUT2D eigenvalue weighted by Crippen LogP contribution is 2.55. The summed E-state index contributed by atoms with van der Waals surface area (Å²) in [5.41, 5.74) is 7.84. The van der Waals surface area contributed by atoms with E-state index in [0.29, 0.717) is 11.8 Å². The molecule has 1 amide bonds. The van der Waals surface area contributed by atoms with Gasteiger partial charge in [0.25, 0.3) is 0 Å². The third-order valence-electron chi connectivity index (χ3n) is 4.67. The summed E-state index contributed by atoms with van der Waals surface area (Å²) in [7, 11) is 0. The van der Waals surface area contributed by atoms with Gasteiger partial charge in [-0.15, -0.1) is 0 Å². The van der Waals surface area contributed by atoms with E-state index in [1.54, 1.807) is 0 Å². The van der Waals surface area contributed by atoms with Crippen molar-refractivity contribution < 1.29 is 4.79 Å². The topological polar surface area (TPSA) is 55.1 Å². The Balaban J connectivity index is 1.70. The van der Waals surface area contributed by atoms with Crippen LogP contribution in [0.1, 0.15) is 44.2 Å². The third kappa shape index (κ3) is 2.39. The molecule has 0 aliphatic heterocycles. The predicted octanol–water partition coefficient (Wildman–Crippen LogP) is 3.08. The molecule has 0 aromatic heterocycles. The first-order valence-electron chi connectivity index (χ1n) is 7.34. The van der Waals surface area contributed by atoms with Crippen LogP contribution in [0.4, 0.5) is 5.69 Å². The number of carbonyl (C=O) groups excluding carboxylic acids is 1. The number of fused-ring (bicyclic) bond motifs is 1. The zero-order valence-electron chi connectivity index (χ0n) is 11.4. The van der Waals surface area contributed by atoms with E-state index < -0.39 is 0 Å². The minimum absolute atomic E-state index is 0.0574. The first-order chi connectivity index (χ1) is 9.18. The van der Waals surface area contributed by atoms with E-state index in [4.69, 9.17) is 5.73 Å². The summed E-state index contributed by atoms with van der Waals surface area (Å²) in [5.74, 6) is 1.75. The molecule has 3 atom stereocenters. The Morgan fingerprint density at radius 3 is 2.53 bits per heavy atom. The van der Waals surface area contributed by atoms with Gasteiger partial charge in [0, 0.05) is 17.6 Å². The van der Waals surface area contributed by atoms with Crippen LogP contribution in [0.25, 0.3) is 0 Å². The van der Waals surface area contributed by atoms with Gasteiger partial charge in [-0.25, -0.2) is 0 Å². The molecule has 3 heteroatoms. The molecule has 1 aromatic rings. The quantitative estimate of drug-likeness (QED) is 0.875. The zero-order valence-corrected chi connectivity index (χ0v) is 11.4. The second-order valence-corrected chi connectivity index (χ2v) is 6.00. The van der Waals surface area contributed by atoms with Crippen LogP contribution >= 0.6 is 0 Å². The maximum absolute atomic E-state index is 12.4. The van der Waals surface area contributed by atoms with Crippen molar-refractivity contribution in [2.45, 2.75) is 38.6 Å². The van der Waals surface area contributed by atoms with Crippen LogP contribution in [-0.2, 0) is 4.79 Å². The summed E-state index contributed by atoms with van der Waals surface area (Å²) in [5, 5.41) is 3.09. The van der Waals surface area contributed by atoms with E-state index in [0.717, 1.165) is 11.3 Å². The average molecular weight is 258 g/mol. The Bertz CT molecular complexity index is 471. The first-order valence-corrected chi connectivity index (χ1v) is 7.34. The lowest BCUT2D eigenvalue weighted by atomic mass is 10.0. The number of benzene rings is 1. The van der Waals surface area contributed by atoms with Gasteiger partial charge in [0.1, 0.15) is 0 Å². The van der Waals surface area contributed by atoms with E-state index in [1.807, 2.05) is 31.2 Å². The number of nitrogens with one attached hydrogen (secondary N) is 1. The molecule has 0 bridgehead atoms. The Morgan fingerprint density at radius 1 is 1.26 bits per heavy atom. The summed E-state index contributed by atoms with van der Waals surface area (Å²) in [4.78, 5) is 12.4. The van der Waals surface area contributed by atoms with Crippen molar-refractivity contribution in [3.63, 3.8) is 0 Å².